The molecule has 128 valence electrons. The molecule has 0 aliphatic heterocycles. The van der Waals surface area contributed by atoms with Crippen molar-refractivity contribution in [1.82, 2.24) is 15.5 Å². The second-order valence-electron chi connectivity index (χ2n) is 6.71. The molecular weight excluding hydrogens is 346 g/mol. The summed E-state index contributed by atoms with van der Waals surface area (Å²) < 4.78 is 25.1. The van der Waals surface area contributed by atoms with Crippen molar-refractivity contribution >= 4 is 21.4 Å². The first-order valence-electron chi connectivity index (χ1n) is 8.30. The third-order valence-electron chi connectivity index (χ3n) is 5.01. The van der Waals surface area contributed by atoms with Crippen molar-refractivity contribution in [2.45, 2.75) is 54.3 Å². The van der Waals surface area contributed by atoms with Crippen LogP contribution < -0.4 is 5.32 Å². The van der Waals surface area contributed by atoms with Gasteiger partial charge in [-0.1, -0.05) is 29.8 Å². The maximum Gasteiger partial charge on any atom is 0.181 e. The Balaban J connectivity index is 1.35. The van der Waals surface area contributed by atoms with E-state index in [2.05, 4.69) is 15.5 Å². The summed E-state index contributed by atoms with van der Waals surface area (Å²) in [5.74, 6) is 0.564. The van der Waals surface area contributed by atoms with Crippen LogP contribution in [-0.4, -0.2) is 29.9 Å². The molecule has 1 aromatic heterocycles. The summed E-state index contributed by atoms with van der Waals surface area (Å²) in [4.78, 5) is 0.419. The van der Waals surface area contributed by atoms with Gasteiger partial charge in [0.25, 0.3) is 0 Å². The summed E-state index contributed by atoms with van der Waals surface area (Å²) in [5.41, 5.74) is 2.17. The lowest BCUT2D eigenvalue weighted by Gasteiger charge is -2.35. The van der Waals surface area contributed by atoms with E-state index in [0.717, 1.165) is 11.3 Å². The van der Waals surface area contributed by atoms with Crippen LogP contribution in [0.4, 0.5) is 0 Å². The molecule has 5 nitrogen and oxygen atoms in total. The number of benzene rings is 1. The van der Waals surface area contributed by atoms with E-state index in [9.17, 15) is 8.42 Å². The number of hydrogen-bond acceptors (Lipinski definition) is 4. The summed E-state index contributed by atoms with van der Waals surface area (Å²) in [7, 11) is -3.21. The number of sulfone groups is 1. The number of halogens is 1. The Kier molecular flexibility index (Phi) is 4.14. The summed E-state index contributed by atoms with van der Waals surface area (Å²) in [5, 5.41) is 10.8. The van der Waals surface area contributed by atoms with E-state index in [1.807, 2.05) is 6.07 Å². The van der Waals surface area contributed by atoms with E-state index in [-0.39, 0.29) is 11.3 Å². The zero-order chi connectivity index (χ0) is 16.7. The molecule has 0 saturated heterocycles. The zero-order valence-corrected chi connectivity index (χ0v) is 14.8. The number of aromatic amines is 1. The van der Waals surface area contributed by atoms with Crippen LogP contribution in [-0.2, 0) is 16.4 Å². The number of H-pyrrole nitrogens is 1. The van der Waals surface area contributed by atoms with Crippen molar-refractivity contribution in [3.8, 4) is 0 Å². The van der Waals surface area contributed by atoms with Crippen molar-refractivity contribution in [2.24, 2.45) is 0 Å². The van der Waals surface area contributed by atoms with Crippen molar-refractivity contribution in [3.05, 3.63) is 46.7 Å². The van der Waals surface area contributed by atoms with Gasteiger partial charge >= 0.3 is 0 Å². The summed E-state index contributed by atoms with van der Waals surface area (Å²) >= 11 is 6.16. The first-order chi connectivity index (χ1) is 11.6. The fourth-order valence-corrected chi connectivity index (χ4v) is 5.37. The van der Waals surface area contributed by atoms with Gasteiger partial charge in [-0.25, -0.2) is 8.42 Å². The molecule has 1 aromatic carbocycles. The fraction of sp³-hybridized carbons (Fsp3) is 0.471. The lowest BCUT2D eigenvalue weighted by Crippen LogP contribution is -2.47. The number of nitrogens with zero attached hydrogens (tertiary/aromatic N) is 1. The second kappa shape index (κ2) is 6.17. The van der Waals surface area contributed by atoms with Gasteiger partial charge in [0, 0.05) is 29.8 Å². The van der Waals surface area contributed by atoms with Crippen LogP contribution >= 0.6 is 11.6 Å². The van der Waals surface area contributed by atoms with Crippen molar-refractivity contribution in [3.63, 3.8) is 0 Å². The Morgan fingerprint density at radius 2 is 1.92 bits per heavy atom. The predicted molar refractivity (Wildman–Crippen MR) is 92.9 cm³/mol. The molecule has 2 aliphatic carbocycles. The smallest absolute Gasteiger partial charge is 0.181 e. The highest BCUT2D eigenvalue weighted by molar-refractivity contribution is 7.92. The molecule has 0 amide bonds. The van der Waals surface area contributed by atoms with Gasteiger partial charge in [-0.15, -0.1) is 0 Å². The molecule has 0 bridgehead atoms. The van der Waals surface area contributed by atoms with E-state index in [0.29, 0.717) is 35.4 Å². The summed E-state index contributed by atoms with van der Waals surface area (Å²) in [6.07, 6.45) is 3.66. The maximum atomic E-state index is 12.5. The molecule has 2 aliphatic rings. The number of hydrogen-bond donors (Lipinski definition) is 2. The molecule has 0 spiro atoms. The van der Waals surface area contributed by atoms with Crippen LogP contribution in [0.15, 0.2) is 35.2 Å². The predicted octanol–water partition coefficient (Wildman–Crippen LogP) is 3.04. The van der Waals surface area contributed by atoms with Gasteiger partial charge in [-0.05, 0) is 37.8 Å². The van der Waals surface area contributed by atoms with Crippen LogP contribution in [0, 0.1) is 0 Å². The highest BCUT2D eigenvalue weighted by atomic mass is 35.5. The number of nitrogens with one attached hydrogen (secondary N) is 2. The van der Waals surface area contributed by atoms with E-state index >= 15 is 0 Å². The first kappa shape index (κ1) is 16.1. The van der Waals surface area contributed by atoms with Crippen LogP contribution in [0.5, 0.6) is 0 Å². The van der Waals surface area contributed by atoms with Gasteiger partial charge in [0.2, 0.25) is 0 Å². The van der Waals surface area contributed by atoms with Crippen molar-refractivity contribution < 1.29 is 8.42 Å². The minimum atomic E-state index is -3.21. The van der Waals surface area contributed by atoms with E-state index in [1.54, 1.807) is 24.3 Å². The normalized spacial score (nSPS) is 23.9. The van der Waals surface area contributed by atoms with Crippen LogP contribution in [0.25, 0.3) is 0 Å². The van der Waals surface area contributed by atoms with Crippen molar-refractivity contribution in [2.75, 3.05) is 0 Å². The van der Waals surface area contributed by atoms with Crippen molar-refractivity contribution in [1.29, 1.82) is 0 Å². The van der Waals surface area contributed by atoms with Gasteiger partial charge in [0.05, 0.1) is 10.1 Å². The molecule has 2 fully saturated rings. The van der Waals surface area contributed by atoms with Gasteiger partial charge in [0.15, 0.2) is 15.0 Å². The molecule has 0 unspecified atom stereocenters. The minimum Gasteiger partial charge on any atom is -0.310 e. The SMILES string of the molecule is O=S(=O)(c1ccccc1)C1CC(NCc2c(Cl)n[nH]c2C2CC2)C1. The molecule has 0 atom stereocenters. The van der Waals surface area contributed by atoms with Gasteiger partial charge in [0.1, 0.15) is 0 Å². The average Bonchev–Trinajstić information content (AvgIpc) is 3.31. The molecule has 4 rings (SSSR count). The first-order valence-corrected chi connectivity index (χ1v) is 10.2. The molecular formula is C17H20ClN3O2S. The third kappa shape index (κ3) is 2.98. The molecule has 0 radical (unpaired) electrons. The minimum absolute atomic E-state index is 0.214. The highest BCUT2D eigenvalue weighted by Gasteiger charge is 2.39. The Morgan fingerprint density at radius 1 is 1.21 bits per heavy atom. The second-order valence-corrected chi connectivity index (χ2v) is 9.30. The Morgan fingerprint density at radius 3 is 2.58 bits per heavy atom. The molecule has 24 heavy (non-hydrogen) atoms. The van der Waals surface area contributed by atoms with Crippen LogP contribution in [0.2, 0.25) is 5.15 Å². The average molecular weight is 366 g/mol. The highest BCUT2D eigenvalue weighted by Crippen LogP contribution is 2.42. The molecule has 2 aromatic rings. The quantitative estimate of drug-likeness (QED) is 0.825. The Hall–Kier alpha value is -1.37. The number of aromatic nitrogens is 2. The van der Waals surface area contributed by atoms with E-state index in [1.165, 1.54) is 12.8 Å². The fourth-order valence-electron chi connectivity index (χ4n) is 3.27. The van der Waals surface area contributed by atoms with Gasteiger partial charge in [-0.2, -0.15) is 5.10 Å². The van der Waals surface area contributed by atoms with Crippen LogP contribution in [0.1, 0.15) is 42.9 Å². The topological polar surface area (TPSA) is 74.8 Å². The molecule has 2 saturated carbocycles. The van der Waals surface area contributed by atoms with Crippen LogP contribution in [0.3, 0.4) is 0 Å². The maximum absolute atomic E-state index is 12.5. The van der Waals surface area contributed by atoms with E-state index < -0.39 is 9.84 Å². The Labute approximate surface area is 146 Å². The lowest BCUT2D eigenvalue weighted by atomic mass is 9.92. The summed E-state index contributed by atoms with van der Waals surface area (Å²) in [6.45, 7) is 0.643. The molecule has 7 heteroatoms. The third-order valence-corrected chi connectivity index (χ3v) is 7.51. The lowest BCUT2D eigenvalue weighted by molar-refractivity contribution is 0.336. The van der Waals surface area contributed by atoms with Gasteiger partial charge < -0.3 is 5.32 Å². The Bertz CT molecular complexity index is 825. The standard InChI is InChI=1S/C17H20ClN3O2S/c18-17-15(16(20-21-17)11-6-7-11)10-19-12-8-14(9-12)24(22,23)13-4-2-1-3-5-13/h1-5,11-12,14,19H,6-10H2,(H,20,21). The van der Waals surface area contributed by atoms with Gasteiger partial charge in [-0.3, -0.25) is 5.10 Å². The summed E-state index contributed by atoms with van der Waals surface area (Å²) in [6, 6.07) is 8.91. The van der Waals surface area contributed by atoms with E-state index in [4.69, 9.17) is 11.6 Å². The zero-order valence-electron chi connectivity index (χ0n) is 13.2. The molecule has 2 N–H and O–H groups in total. The largest absolute Gasteiger partial charge is 0.310 e. The monoisotopic (exact) mass is 365 g/mol. The number of rotatable bonds is 6. The molecule has 1 heterocycles.